The lowest BCUT2D eigenvalue weighted by Gasteiger charge is -2.19. The average Bonchev–Trinajstić information content (AvgIpc) is 3.74. The summed E-state index contributed by atoms with van der Waals surface area (Å²) in [5.74, 6) is -0.943. The fourth-order valence-electron chi connectivity index (χ4n) is 7.96. The molecule has 0 spiro atoms. The van der Waals surface area contributed by atoms with Crippen molar-refractivity contribution in [1.29, 1.82) is 0 Å². The molecule has 9 nitrogen and oxygen atoms in total. The maximum absolute atomic E-state index is 12.7. The topological polar surface area (TPSA) is 134 Å². The zero-order valence-electron chi connectivity index (χ0n) is 56.2. The van der Waals surface area contributed by atoms with Crippen molar-refractivity contribution < 1.29 is 37.6 Å². The van der Waals surface area contributed by atoms with Crippen molar-refractivity contribution in [2.24, 2.45) is 5.73 Å². The molecule has 0 saturated heterocycles. The van der Waals surface area contributed by atoms with Crippen LogP contribution in [0.1, 0.15) is 206 Å². The zero-order valence-corrected chi connectivity index (χ0v) is 57.1. The van der Waals surface area contributed by atoms with Gasteiger partial charge in [-0.05, 0) is 173 Å². The first kappa shape index (κ1) is 84.5. The number of carbonyl (C=O) groups excluding carboxylic acids is 2. The Bertz CT molecular complexity index is 2440. The Hall–Kier alpha value is -6.45. The first-order valence-corrected chi connectivity index (χ1v) is 35.7. The van der Waals surface area contributed by atoms with E-state index < -0.39 is 32.5 Å². The molecule has 0 bridgehead atoms. The van der Waals surface area contributed by atoms with E-state index in [1.807, 2.05) is 0 Å². The SMILES string of the molecule is CC/C=C\C/C=C\C/C=C\C/C=C\C/C=C\C/C=C\C/C=C\C/C=C\C/C=C\C/C=C\C/C=C\CCCCCC(=O)OC(COC(=O)CCCC/C=C\C/C=C\C/C=C\C/C=C\C/C=C\C/C=C\C/C=C\C/C=C\C/C=C\C/C=C\CC)COP(=O)(O)OCCN. The summed E-state index contributed by atoms with van der Waals surface area (Å²) in [6.45, 7) is 3.38. The van der Waals surface area contributed by atoms with Crippen LogP contribution >= 0.6 is 7.82 Å². The van der Waals surface area contributed by atoms with Gasteiger partial charge in [0.25, 0.3) is 0 Å². The monoisotopic (exact) mass is 1270 g/mol. The third-order valence-corrected chi connectivity index (χ3v) is 13.9. The molecule has 0 radical (unpaired) electrons. The van der Waals surface area contributed by atoms with Crippen molar-refractivity contribution in [1.82, 2.24) is 0 Å². The van der Waals surface area contributed by atoms with Crippen molar-refractivity contribution in [3.8, 4) is 0 Å². The molecule has 2 unspecified atom stereocenters. The number of phosphoric acid groups is 1. The van der Waals surface area contributed by atoms with Crippen LogP contribution in [0.25, 0.3) is 0 Å². The fraction of sp³-hybridized carbons (Fsp3) is 0.457. The average molecular weight is 1270 g/mol. The van der Waals surface area contributed by atoms with Crippen LogP contribution in [0.4, 0.5) is 0 Å². The summed E-state index contributed by atoms with van der Waals surface area (Å²) >= 11 is 0. The van der Waals surface area contributed by atoms with Crippen molar-refractivity contribution in [2.75, 3.05) is 26.4 Å². The van der Waals surface area contributed by atoms with Gasteiger partial charge in [-0.15, -0.1) is 0 Å². The maximum atomic E-state index is 12.7. The van der Waals surface area contributed by atoms with Crippen molar-refractivity contribution in [3.05, 3.63) is 255 Å². The number of rotatable bonds is 60. The first-order chi connectivity index (χ1) is 44.8. The predicted molar refractivity (Wildman–Crippen MR) is 393 cm³/mol. The number of unbranched alkanes of at least 4 members (excludes halogenated alkanes) is 5. The van der Waals surface area contributed by atoms with E-state index in [0.717, 1.165) is 167 Å². The number of phosphoric ester groups is 1. The second-order valence-electron chi connectivity index (χ2n) is 21.2. The maximum Gasteiger partial charge on any atom is 0.472 e. The van der Waals surface area contributed by atoms with E-state index in [2.05, 4.69) is 269 Å². The molecular formula is C81H120NO8P. The highest BCUT2D eigenvalue weighted by Crippen LogP contribution is 2.43. The summed E-state index contributed by atoms with van der Waals surface area (Å²) in [5, 5.41) is 0. The highest BCUT2D eigenvalue weighted by atomic mass is 31.2. The molecule has 0 amide bonds. The van der Waals surface area contributed by atoms with E-state index in [1.54, 1.807) is 0 Å². The number of nitrogens with two attached hydrogens (primary N) is 1. The Balaban J connectivity index is 4.18. The minimum Gasteiger partial charge on any atom is -0.462 e. The molecule has 3 N–H and O–H groups in total. The Morgan fingerprint density at radius 2 is 0.571 bits per heavy atom. The molecule has 0 saturated carbocycles. The minimum atomic E-state index is -4.44. The quantitative estimate of drug-likeness (QED) is 0.0264. The lowest BCUT2D eigenvalue weighted by Crippen LogP contribution is -2.29. The van der Waals surface area contributed by atoms with Gasteiger partial charge >= 0.3 is 19.8 Å². The standard InChI is InChI=1S/C81H120NO8P/c1-3-5-7-9-11-13-15-17-19-21-23-25-27-29-31-33-35-37-38-39-40-42-44-46-48-50-52-54-56-58-60-62-64-66-68-70-72-74-81(84)90-79(78-89-91(85,86)88-76-75-82)77-87-80(83)73-71-69-67-65-63-61-59-57-55-53-51-49-47-45-43-41-36-34-32-30-28-26-24-22-20-18-16-14-12-10-8-6-4-2/h5-8,11-14,17-20,23-26,29-32,35-37,39-41,44-47,50-53,56-59,62-65,79H,3-4,9-10,15-16,21-22,27-28,33-34,38,42-43,48-49,54-55,60-61,66-78,82H2,1-2H3,(H,85,86)/b7-5-,8-6-,13-11-,14-12-,19-17-,20-18-,25-23-,26-24-,31-29-,32-30-,37-35-,40-39-,41-36-,46-44-,47-45-,52-50-,53-51-,58-56-,59-57-,64-62-,65-63-. The van der Waals surface area contributed by atoms with E-state index in [0.29, 0.717) is 12.8 Å². The smallest absolute Gasteiger partial charge is 0.462 e. The molecule has 91 heavy (non-hydrogen) atoms. The molecule has 0 rings (SSSR count). The number of allylic oxidation sites excluding steroid dienone is 42. The van der Waals surface area contributed by atoms with Gasteiger partial charge in [0.2, 0.25) is 0 Å². The van der Waals surface area contributed by atoms with Gasteiger partial charge in [0.1, 0.15) is 6.61 Å². The molecule has 0 heterocycles. The summed E-state index contributed by atoms with van der Waals surface area (Å²) in [5.41, 5.74) is 5.39. The number of esters is 2. The van der Waals surface area contributed by atoms with Gasteiger partial charge in [-0.3, -0.25) is 18.6 Å². The lowest BCUT2D eigenvalue weighted by molar-refractivity contribution is -0.161. The van der Waals surface area contributed by atoms with Crippen LogP contribution in [0.5, 0.6) is 0 Å². The Morgan fingerprint density at radius 1 is 0.330 bits per heavy atom. The largest absolute Gasteiger partial charge is 0.472 e. The van der Waals surface area contributed by atoms with E-state index in [1.165, 1.54) is 0 Å². The Kier molecular flexibility index (Phi) is 67.5. The summed E-state index contributed by atoms with van der Waals surface area (Å²) in [6.07, 6.45) is 118. The van der Waals surface area contributed by atoms with Gasteiger partial charge in [0.05, 0.1) is 13.2 Å². The molecule has 0 aromatic rings. The summed E-state index contributed by atoms with van der Waals surface area (Å²) in [7, 11) is -4.44. The summed E-state index contributed by atoms with van der Waals surface area (Å²) in [4.78, 5) is 35.3. The molecule has 502 valence electrons. The Morgan fingerprint density at radius 3 is 0.846 bits per heavy atom. The van der Waals surface area contributed by atoms with Gasteiger partial charge in [-0.25, -0.2) is 4.57 Å². The van der Waals surface area contributed by atoms with E-state index in [4.69, 9.17) is 24.3 Å². The fourth-order valence-corrected chi connectivity index (χ4v) is 8.73. The molecule has 10 heteroatoms. The second kappa shape index (κ2) is 72.6. The van der Waals surface area contributed by atoms with Crippen LogP contribution in [0.2, 0.25) is 0 Å². The number of hydrogen-bond donors (Lipinski definition) is 2. The predicted octanol–water partition coefficient (Wildman–Crippen LogP) is 23.0. The lowest BCUT2D eigenvalue weighted by atomic mass is 10.1. The van der Waals surface area contributed by atoms with Gasteiger partial charge in [-0.2, -0.15) is 0 Å². The van der Waals surface area contributed by atoms with Crippen LogP contribution in [-0.4, -0.2) is 49.3 Å². The van der Waals surface area contributed by atoms with E-state index in [-0.39, 0.29) is 32.6 Å². The van der Waals surface area contributed by atoms with E-state index >= 15 is 0 Å². The number of carbonyl (C=O) groups is 2. The normalized spacial score (nSPS) is 14.5. The van der Waals surface area contributed by atoms with Crippen LogP contribution in [0.15, 0.2) is 255 Å². The first-order valence-electron chi connectivity index (χ1n) is 34.2. The molecule has 2 atom stereocenters. The third-order valence-electron chi connectivity index (χ3n) is 12.9. The van der Waals surface area contributed by atoms with Crippen LogP contribution in [-0.2, 0) is 32.7 Å². The van der Waals surface area contributed by atoms with Crippen molar-refractivity contribution in [3.63, 3.8) is 0 Å². The minimum absolute atomic E-state index is 0.0262. The van der Waals surface area contributed by atoms with Gasteiger partial charge in [0.15, 0.2) is 6.10 Å². The molecular weight excluding hydrogens is 1150 g/mol. The van der Waals surface area contributed by atoms with Gasteiger partial charge in [0, 0.05) is 19.4 Å². The van der Waals surface area contributed by atoms with Gasteiger partial charge in [-0.1, -0.05) is 275 Å². The van der Waals surface area contributed by atoms with Crippen LogP contribution in [0, 0.1) is 0 Å². The van der Waals surface area contributed by atoms with Crippen molar-refractivity contribution >= 4 is 19.8 Å². The van der Waals surface area contributed by atoms with Crippen LogP contribution in [0.3, 0.4) is 0 Å². The van der Waals surface area contributed by atoms with Crippen LogP contribution < -0.4 is 5.73 Å². The second-order valence-corrected chi connectivity index (χ2v) is 22.7. The number of ether oxygens (including phenoxy) is 2. The Labute approximate surface area is 554 Å². The summed E-state index contributed by atoms with van der Waals surface area (Å²) in [6, 6.07) is 0. The zero-order chi connectivity index (χ0) is 65.8. The molecule has 0 aliphatic carbocycles. The summed E-state index contributed by atoms with van der Waals surface area (Å²) < 4.78 is 33.0. The molecule has 0 aromatic heterocycles. The van der Waals surface area contributed by atoms with E-state index in [9.17, 15) is 19.0 Å². The molecule has 0 fully saturated rings. The van der Waals surface area contributed by atoms with Gasteiger partial charge < -0.3 is 20.1 Å². The third kappa shape index (κ3) is 72.5. The molecule has 0 aliphatic heterocycles. The molecule has 0 aliphatic rings. The molecule has 0 aromatic carbocycles. The number of hydrogen-bond acceptors (Lipinski definition) is 8. The highest BCUT2D eigenvalue weighted by Gasteiger charge is 2.26. The highest BCUT2D eigenvalue weighted by molar-refractivity contribution is 7.47. The van der Waals surface area contributed by atoms with Crippen molar-refractivity contribution in [2.45, 2.75) is 213 Å².